The molecule has 2 aromatic carbocycles. The van der Waals surface area contributed by atoms with Crippen LogP contribution in [0.3, 0.4) is 0 Å². The quantitative estimate of drug-likeness (QED) is 0.689. The Morgan fingerprint density at radius 3 is 2.44 bits per heavy atom. The summed E-state index contributed by atoms with van der Waals surface area (Å²) in [7, 11) is 0. The van der Waals surface area contributed by atoms with Crippen LogP contribution in [0.15, 0.2) is 72.9 Å². The van der Waals surface area contributed by atoms with E-state index in [2.05, 4.69) is 15.6 Å². The summed E-state index contributed by atoms with van der Waals surface area (Å²) in [5.74, 6) is 1.02. The molecule has 0 radical (unpaired) electrons. The number of ether oxygens (including phenoxy) is 1. The van der Waals surface area contributed by atoms with Crippen molar-refractivity contribution in [2.45, 2.75) is 6.54 Å². The topological polar surface area (TPSA) is 63.2 Å². The van der Waals surface area contributed by atoms with Gasteiger partial charge in [0.25, 0.3) is 0 Å². The molecule has 2 amide bonds. The Kier molecular flexibility index (Phi) is 5.49. The van der Waals surface area contributed by atoms with E-state index in [1.807, 2.05) is 42.5 Å². The Morgan fingerprint density at radius 1 is 0.960 bits per heavy atom. The first-order valence-electron chi connectivity index (χ1n) is 7.68. The van der Waals surface area contributed by atoms with Crippen molar-refractivity contribution in [1.82, 2.24) is 10.3 Å². The number of hydrogen-bond acceptors (Lipinski definition) is 3. The van der Waals surface area contributed by atoms with Crippen LogP contribution in [0.4, 0.5) is 10.5 Å². The van der Waals surface area contributed by atoms with Crippen molar-refractivity contribution in [2.24, 2.45) is 0 Å². The van der Waals surface area contributed by atoms with Gasteiger partial charge in [-0.1, -0.05) is 41.9 Å². The SMILES string of the molecule is O=C(NCc1ccccn1)Nc1ccccc1Oc1ccccc1Cl. The molecule has 0 saturated heterocycles. The van der Waals surface area contributed by atoms with Crippen molar-refractivity contribution in [3.63, 3.8) is 0 Å². The fraction of sp³-hybridized carbons (Fsp3) is 0.0526. The molecule has 1 aromatic heterocycles. The Morgan fingerprint density at radius 2 is 1.68 bits per heavy atom. The third-order valence-corrected chi connectivity index (χ3v) is 3.66. The van der Waals surface area contributed by atoms with Crippen LogP contribution >= 0.6 is 11.6 Å². The second-order valence-electron chi connectivity index (χ2n) is 5.16. The monoisotopic (exact) mass is 353 g/mol. The van der Waals surface area contributed by atoms with Gasteiger partial charge in [-0.25, -0.2) is 4.79 Å². The van der Waals surface area contributed by atoms with Gasteiger partial charge >= 0.3 is 6.03 Å². The highest BCUT2D eigenvalue weighted by Gasteiger charge is 2.09. The molecule has 25 heavy (non-hydrogen) atoms. The van der Waals surface area contributed by atoms with Gasteiger partial charge in [-0.15, -0.1) is 0 Å². The zero-order chi connectivity index (χ0) is 17.5. The van der Waals surface area contributed by atoms with E-state index in [-0.39, 0.29) is 6.03 Å². The summed E-state index contributed by atoms with van der Waals surface area (Å²) in [6.45, 7) is 0.334. The van der Waals surface area contributed by atoms with Gasteiger partial charge in [0.2, 0.25) is 0 Å². The third kappa shape index (κ3) is 4.71. The number of halogens is 1. The number of hydrogen-bond donors (Lipinski definition) is 2. The second kappa shape index (κ2) is 8.17. The van der Waals surface area contributed by atoms with Gasteiger partial charge in [-0.3, -0.25) is 4.98 Å². The maximum absolute atomic E-state index is 12.1. The molecule has 0 unspecified atom stereocenters. The zero-order valence-corrected chi connectivity index (χ0v) is 14.0. The number of nitrogens with one attached hydrogen (secondary N) is 2. The molecule has 126 valence electrons. The van der Waals surface area contributed by atoms with Crippen molar-refractivity contribution < 1.29 is 9.53 Å². The number of pyridine rings is 1. The second-order valence-corrected chi connectivity index (χ2v) is 5.56. The molecule has 0 aliphatic carbocycles. The van der Waals surface area contributed by atoms with Crippen molar-refractivity contribution >= 4 is 23.3 Å². The number of anilines is 1. The molecule has 0 atom stereocenters. The van der Waals surface area contributed by atoms with Gasteiger partial charge in [-0.05, 0) is 36.4 Å². The van der Waals surface area contributed by atoms with E-state index in [9.17, 15) is 4.79 Å². The minimum absolute atomic E-state index is 0.334. The van der Waals surface area contributed by atoms with Crippen molar-refractivity contribution in [1.29, 1.82) is 0 Å². The number of carbonyl (C=O) groups excluding carboxylic acids is 1. The average Bonchev–Trinajstić information content (AvgIpc) is 2.64. The van der Waals surface area contributed by atoms with Crippen LogP contribution in [0.2, 0.25) is 5.02 Å². The van der Waals surface area contributed by atoms with Crippen LogP contribution in [-0.2, 0) is 6.54 Å². The number of carbonyl (C=O) groups is 1. The zero-order valence-electron chi connectivity index (χ0n) is 13.3. The van der Waals surface area contributed by atoms with Gasteiger partial charge in [-0.2, -0.15) is 0 Å². The minimum Gasteiger partial charge on any atom is -0.454 e. The number of rotatable bonds is 5. The molecule has 6 heteroatoms. The van der Waals surface area contributed by atoms with E-state index in [4.69, 9.17) is 16.3 Å². The molecule has 2 N–H and O–H groups in total. The van der Waals surface area contributed by atoms with Gasteiger partial charge in [0.05, 0.1) is 22.9 Å². The summed E-state index contributed by atoms with van der Waals surface area (Å²) in [4.78, 5) is 16.3. The number of para-hydroxylation sites is 3. The van der Waals surface area contributed by atoms with Crippen LogP contribution < -0.4 is 15.4 Å². The lowest BCUT2D eigenvalue weighted by molar-refractivity contribution is 0.251. The molecular weight excluding hydrogens is 338 g/mol. The summed E-state index contributed by atoms with van der Waals surface area (Å²) < 4.78 is 5.82. The number of aromatic nitrogens is 1. The summed E-state index contributed by atoms with van der Waals surface area (Å²) in [6, 6.07) is 19.5. The van der Waals surface area contributed by atoms with Crippen LogP contribution in [0.5, 0.6) is 11.5 Å². The van der Waals surface area contributed by atoms with Crippen LogP contribution in [-0.4, -0.2) is 11.0 Å². The Bertz CT molecular complexity index is 856. The largest absolute Gasteiger partial charge is 0.454 e. The molecule has 0 saturated carbocycles. The summed E-state index contributed by atoms with van der Waals surface area (Å²) in [6.07, 6.45) is 1.68. The Labute approximate surface area is 150 Å². The number of nitrogens with zero attached hydrogens (tertiary/aromatic N) is 1. The first-order chi connectivity index (χ1) is 12.2. The van der Waals surface area contributed by atoms with E-state index < -0.39 is 0 Å². The van der Waals surface area contributed by atoms with E-state index in [0.29, 0.717) is 28.8 Å². The van der Waals surface area contributed by atoms with Crippen molar-refractivity contribution in [3.8, 4) is 11.5 Å². The molecule has 0 aliphatic heterocycles. The molecule has 5 nitrogen and oxygen atoms in total. The molecule has 0 aliphatic rings. The minimum atomic E-state index is -0.346. The Balaban J connectivity index is 1.66. The van der Waals surface area contributed by atoms with Crippen molar-refractivity contribution in [3.05, 3.63) is 83.6 Å². The fourth-order valence-corrected chi connectivity index (χ4v) is 2.32. The molecule has 3 aromatic rings. The summed E-state index contributed by atoms with van der Waals surface area (Å²) >= 11 is 6.12. The number of amides is 2. The van der Waals surface area contributed by atoms with Crippen LogP contribution in [0.25, 0.3) is 0 Å². The highest BCUT2D eigenvalue weighted by atomic mass is 35.5. The Hall–Kier alpha value is -3.05. The maximum Gasteiger partial charge on any atom is 0.319 e. The number of urea groups is 1. The van der Waals surface area contributed by atoms with E-state index in [0.717, 1.165) is 5.69 Å². The maximum atomic E-state index is 12.1. The first kappa shape index (κ1) is 16.8. The molecule has 0 bridgehead atoms. The first-order valence-corrected chi connectivity index (χ1v) is 8.06. The lowest BCUT2D eigenvalue weighted by Gasteiger charge is -2.13. The third-order valence-electron chi connectivity index (χ3n) is 3.35. The highest BCUT2D eigenvalue weighted by Crippen LogP contribution is 2.33. The van der Waals surface area contributed by atoms with E-state index in [1.54, 1.807) is 30.5 Å². The van der Waals surface area contributed by atoms with Gasteiger partial charge in [0, 0.05) is 6.20 Å². The predicted octanol–water partition coefficient (Wildman–Crippen LogP) is 4.85. The normalized spacial score (nSPS) is 10.1. The standard InChI is InChI=1S/C19H16ClN3O2/c20-15-8-1-3-10-17(15)25-18-11-4-2-9-16(18)23-19(24)22-13-14-7-5-6-12-21-14/h1-12H,13H2,(H2,22,23,24). The molecule has 1 heterocycles. The summed E-state index contributed by atoms with van der Waals surface area (Å²) in [5.41, 5.74) is 1.32. The molecular formula is C19H16ClN3O2. The lowest BCUT2D eigenvalue weighted by Crippen LogP contribution is -2.28. The van der Waals surface area contributed by atoms with E-state index in [1.165, 1.54) is 0 Å². The van der Waals surface area contributed by atoms with Gasteiger partial charge in [0.15, 0.2) is 5.75 Å². The fourth-order valence-electron chi connectivity index (χ4n) is 2.14. The molecule has 0 fully saturated rings. The van der Waals surface area contributed by atoms with Crippen molar-refractivity contribution in [2.75, 3.05) is 5.32 Å². The summed E-state index contributed by atoms with van der Waals surface area (Å²) in [5, 5.41) is 6.03. The van der Waals surface area contributed by atoms with E-state index >= 15 is 0 Å². The predicted molar refractivity (Wildman–Crippen MR) is 98.1 cm³/mol. The molecule has 0 spiro atoms. The van der Waals surface area contributed by atoms with Gasteiger partial charge in [0.1, 0.15) is 5.75 Å². The van der Waals surface area contributed by atoms with Crippen LogP contribution in [0.1, 0.15) is 5.69 Å². The van der Waals surface area contributed by atoms with Crippen LogP contribution in [0, 0.1) is 0 Å². The number of benzene rings is 2. The molecule has 3 rings (SSSR count). The average molecular weight is 354 g/mol. The lowest BCUT2D eigenvalue weighted by atomic mass is 10.3. The smallest absolute Gasteiger partial charge is 0.319 e. The van der Waals surface area contributed by atoms with Gasteiger partial charge < -0.3 is 15.4 Å². The highest BCUT2D eigenvalue weighted by molar-refractivity contribution is 6.32.